The Bertz CT molecular complexity index is 630. The smallest absolute Gasteiger partial charge is 0.231 e. The second kappa shape index (κ2) is 7.49. The van der Waals surface area contributed by atoms with Crippen LogP contribution in [0.4, 0.5) is 0 Å². The Kier molecular flexibility index (Phi) is 5.16. The molecule has 3 rings (SSSR count). The summed E-state index contributed by atoms with van der Waals surface area (Å²) in [4.78, 5) is 2.26. The van der Waals surface area contributed by atoms with E-state index in [0.717, 1.165) is 36.6 Å². The van der Waals surface area contributed by atoms with Gasteiger partial charge >= 0.3 is 0 Å². The van der Waals surface area contributed by atoms with Gasteiger partial charge in [-0.25, -0.2) is 0 Å². The zero-order valence-corrected chi connectivity index (χ0v) is 13.4. The van der Waals surface area contributed by atoms with Gasteiger partial charge in [0.05, 0.1) is 6.10 Å². The third-order valence-corrected chi connectivity index (χ3v) is 4.03. The molecule has 0 amide bonds. The van der Waals surface area contributed by atoms with Crippen LogP contribution in [0.5, 0.6) is 11.5 Å². The lowest BCUT2D eigenvalue weighted by Crippen LogP contribution is -2.31. The zero-order valence-electron chi connectivity index (χ0n) is 13.4. The Hall–Kier alpha value is -2.04. The molecule has 1 aliphatic rings. The molecule has 23 heavy (non-hydrogen) atoms. The van der Waals surface area contributed by atoms with Crippen LogP contribution in [0.1, 0.15) is 24.5 Å². The van der Waals surface area contributed by atoms with E-state index in [9.17, 15) is 5.11 Å². The average molecular weight is 313 g/mol. The van der Waals surface area contributed by atoms with Crippen LogP contribution in [0.25, 0.3) is 0 Å². The summed E-state index contributed by atoms with van der Waals surface area (Å²) in [6.07, 6.45) is 0.444. The lowest BCUT2D eigenvalue weighted by atomic mass is 10.1. The zero-order chi connectivity index (χ0) is 16.1. The molecule has 1 N–H and O–H groups in total. The van der Waals surface area contributed by atoms with Crippen LogP contribution >= 0.6 is 0 Å². The van der Waals surface area contributed by atoms with E-state index in [-0.39, 0.29) is 6.10 Å². The summed E-state index contributed by atoms with van der Waals surface area (Å²) in [5, 5.41) is 10.1. The number of aliphatic hydroxyl groups excluding tert-OH is 1. The summed E-state index contributed by atoms with van der Waals surface area (Å²) in [6.45, 7) is 4.53. The summed E-state index contributed by atoms with van der Waals surface area (Å²) in [5.41, 5.74) is 2.41. The Morgan fingerprint density at radius 2 is 1.74 bits per heavy atom. The van der Waals surface area contributed by atoms with Crippen molar-refractivity contribution in [1.82, 2.24) is 4.90 Å². The van der Waals surface area contributed by atoms with E-state index in [2.05, 4.69) is 23.1 Å². The highest BCUT2D eigenvalue weighted by Gasteiger charge is 2.16. The highest BCUT2D eigenvalue weighted by molar-refractivity contribution is 5.44. The van der Waals surface area contributed by atoms with E-state index in [0.29, 0.717) is 13.3 Å². The number of aliphatic hydroxyl groups is 1. The minimum Gasteiger partial charge on any atom is -0.454 e. The maximum atomic E-state index is 10.1. The van der Waals surface area contributed by atoms with Crippen LogP contribution in [0.2, 0.25) is 0 Å². The van der Waals surface area contributed by atoms with Crippen molar-refractivity contribution in [1.29, 1.82) is 0 Å². The fraction of sp³-hybridized carbons (Fsp3) is 0.368. The summed E-state index contributed by atoms with van der Waals surface area (Å²) in [5.74, 6) is 1.61. The molecule has 4 heteroatoms. The predicted octanol–water partition coefficient (Wildman–Crippen LogP) is 3.19. The van der Waals surface area contributed by atoms with Crippen molar-refractivity contribution in [3.8, 4) is 11.5 Å². The lowest BCUT2D eigenvalue weighted by molar-refractivity contribution is 0.101. The molecule has 1 aliphatic heterocycles. The Labute approximate surface area is 137 Å². The number of fused-ring (bicyclic) bond motifs is 1. The first kappa shape index (κ1) is 15.8. The minimum absolute atomic E-state index is 0.293. The van der Waals surface area contributed by atoms with Crippen molar-refractivity contribution in [2.45, 2.75) is 32.5 Å². The monoisotopic (exact) mass is 313 g/mol. The van der Waals surface area contributed by atoms with Crippen LogP contribution in [-0.2, 0) is 13.1 Å². The van der Waals surface area contributed by atoms with Gasteiger partial charge in [-0.2, -0.15) is 0 Å². The SMILES string of the molecule is CCC(O)CN(Cc1ccccc1)Cc1ccc2c(c1)OCO2. The highest BCUT2D eigenvalue weighted by Crippen LogP contribution is 2.32. The van der Waals surface area contributed by atoms with Gasteiger partial charge in [-0.15, -0.1) is 0 Å². The molecular weight excluding hydrogens is 290 g/mol. The highest BCUT2D eigenvalue weighted by atomic mass is 16.7. The molecule has 122 valence electrons. The maximum absolute atomic E-state index is 10.1. The predicted molar refractivity (Wildman–Crippen MR) is 89.4 cm³/mol. The largest absolute Gasteiger partial charge is 0.454 e. The molecule has 0 radical (unpaired) electrons. The van der Waals surface area contributed by atoms with Gasteiger partial charge in [0, 0.05) is 19.6 Å². The molecule has 0 bridgehead atoms. The quantitative estimate of drug-likeness (QED) is 0.852. The van der Waals surface area contributed by atoms with Gasteiger partial charge in [-0.05, 0) is 29.7 Å². The average Bonchev–Trinajstić information content (AvgIpc) is 3.03. The van der Waals surface area contributed by atoms with Gasteiger partial charge in [0.1, 0.15) is 0 Å². The first-order valence-electron chi connectivity index (χ1n) is 8.07. The summed E-state index contributed by atoms with van der Waals surface area (Å²) >= 11 is 0. The maximum Gasteiger partial charge on any atom is 0.231 e. The van der Waals surface area contributed by atoms with Crippen LogP contribution in [0.15, 0.2) is 48.5 Å². The summed E-state index contributed by atoms with van der Waals surface area (Å²) < 4.78 is 10.8. The molecule has 2 aromatic rings. The van der Waals surface area contributed by atoms with Crippen molar-refractivity contribution in [3.63, 3.8) is 0 Å². The van der Waals surface area contributed by atoms with Crippen LogP contribution in [-0.4, -0.2) is 29.4 Å². The molecule has 1 atom stereocenters. The van der Waals surface area contributed by atoms with Gasteiger partial charge in [-0.1, -0.05) is 43.3 Å². The standard InChI is InChI=1S/C19H23NO3/c1-2-17(21)13-20(11-15-6-4-3-5-7-15)12-16-8-9-18-19(10-16)23-14-22-18/h3-10,17,21H,2,11-14H2,1H3. The molecule has 1 unspecified atom stereocenters. The topological polar surface area (TPSA) is 41.9 Å². The van der Waals surface area contributed by atoms with Crippen molar-refractivity contribution >= 4 is 0 Å². The first-order valence-corrected chi connectivity index (χ1v) is 8.07. The van der Waals surface area contributed by atoms with E-state index in [1.54, 1.807) is 0 Å². The van der Waals surface area contributed by atoms with Crippen LogP contribution in [0.3, 0.4) is 0 Å². The molecule has 1 heterocycles. The van der Waals surface area contributed by atoms with Gasteiger partial charge in [0.25, 0.3) is 0 Å². The fourth-order valence-electron chi connectivity index (χ4n) is 2.75. The first-order chi connectivity index (χ1) is 11.2. The number of ether oxygens (including phenoxy) is 2. The molecule has 0 aliphatic carbocycles. The van der Waals surface area contributed by atoms with Gasteiger partial charge in [0.15, 0.2) is 11.5 Å². The summed E-state index contributed by atoms with van der Waals surface area (Å²) in [6, 6.07) is 16.4. The Balaban J connectivity index is 1.72. The Morgan fingerprint density at radius 1 is 1.00 bits per heavy atom. The van der Waals surface area contributed by atoms with E-state index < -0.39 is 0 Å². The molecule has 0 saturated carbocycles. The lowest BCUT2D eigenvalue weighted by Gasteiger charge is -2.25. The molecule has 2 aromatic carbocycles. The van der Waals surface area contributed by atoms with Crippen molar-refractivity contribution in [2.75, 3.05) is 13.3 Å². The molecule has 0 saturated heterocycles. The molecule has 0 fully saturated rings. The van der Waals surface area contributed by atoms with Crippen molar-refractivity contribution < 1.29 is 14.6 Å². The second-order valence-corrected chi connectivity index (χ2v) is 5.90. The van der Waals surface area contributed by atoms with Crippen molar-refractivity contribution in [2.24, 2.45) is 0 Å². The number of hydrogen-bond donors (Lipinski definition) is 1. The van der Waals surface area contributed by atoms with Gasteiger partial charge < -0.3 is 14.6 Å². The van der Waals surface area contributed by atoms with E-state index in [4.69, 9.17) is 9.47 Å². The second-order valence-electron chi connectivity index (χ2n) is 5.90. The number of hydrogen-bond acceptors (Lipinski definition) is 4. The van der Waals surface area contributed by atoms with Crippen LogP contribution in [0, 0.1) is 0 Å². The van der Waals surface area contributed by atoms with E-state index in [1.165, 1.54) is 5.56 Å². The normalized spacial score (nSPS) is 14.2. The minimum atomic E-state index is -0.312. The third kappa shape index (κ3) is 4.24. The van der Waals surface area contributed by atoms with E-state index in [1.807, 2.05) is 37.3 Å². The Morgan fingerprint density at radius 3 is 2.52 bits per heavy atom. The fourth-order valence-corrected chi connectivity index (χ4v) is 2.75. The van der Waals surface area contributed by atoms with Gasteiger partial charge in [0.2, 0.25) is 6.79 Å². The van der Waals surface area contributed by atoms with Crippen LogP contribution < -0.4 is 9.47 Å². The number of benzene rings is 2. The molecular formula is C19H23NO3. The molecule has 4 nitrogen and oxygen atoms in total. The summed E-state index contributed by atoms with van der Waals surface area (Å²) in [7, 11) is 0. The van der Waals surface area contributed by atoms with E-state index >= 15 is 0 Å². The molecule has 0 spiro atoms. The molecule has 0 aromatic heterocycles. The number of nitrogens with zero attached hydrogens (tertiary/aromatic N) is 1. The number of rotatable bonds is 7. The van der Waals surface area contributed by atoms with Gasteiger partial charge in [-0.3, -0.25) is 4.90 Å². The van der Waals surface area contributed by atoms with Crippen molar-refractivity contribution in [3.05, 3.63) is 59.7 Å². The third-order valence-electron chi connectivity index (χ3n) is 4.03.